The molecule has 0 aromatic carbocycles. The second-order valence-corrected chi connectivity index (χ2v) is 8.76. The number of carbonyl (C=O) groups excluding carboxylic acids is 1. The van der Waals surface area contributed by atoms with Crippen LogP contribution >= 0.6 is 0 Å². The van der Waals surface area contributed by atoms with Crippen molar-refractivity contribution in [2.24, 2.45) is 29.6 Å². The Labute approximate surface area is 150 Å². The molecule has 3 N–H and O–H groups in total. The summed E-state index contributed by atoms with van der Waals surface area (Å²) >= 11 is 0. The third kappa shape index (κ3) is 3.27. The lowest BCUT2D eigenvalue weighted by molar-refractivity contribution is 0.0250. The van der Waals surface area contributed by atoms with E-state index >= 15 is 0 Å². The van der Waals surface area contributed by atoms with Crippen molar-refractivity contribution in [3.05, 3.63) is 11.3 Å². The van der Waals surface area contributed by atoms with E-state index in [1.807, 2.05) is 7.11 Å². The molecule has 5 rings (SSSR count). The maximum Gasteiger partial charge on any atom is 0.626 e. The lowest BCUT2D eigenvalue weighted by atomic mass is 9.53. The van der Waals surface area contributed by atoms with Crippen molar-refractivity contribution in [2.75, 3.05) is 14.2 Å². The summed E-state index contributed by atoms with van der Waals surface area (Å²) in [5.74, 6) is 4.82. The van der Waals surface area contributed by atoms with Crippen molar-refractivity contribution in [1.82, 2.24) is 5.32 Å². The third-order valence-electron chi connectivity index (χ3n) is 7.23. The van der Waals surface area contributed by atoms with Gasteiger partial charge in [-0.25, -0.2) is 0 Å². The van der Waals surface area contributed by atoms with Gasteiger partial charge in [0.2, 0.25) is 0 Å². The Morgan fingerprint density at radius 1 is 0.960 bits per heavy atom. The van der Waals surface area contributed by atoms with Crippen LogP contribution in [0.3, 0.4) is 0 Å². The molecule has 0 aromatic rings. The van der Waals surface area contributed by atoms with Gasteiger partial charge < -0.3 is 14.6 Å². The Kier molecular flexibility index (Phi) is 4.69. The first-order valence-electron chi connectivity index (χ1n) is 9.90. The van der Waals surface area contributed by atoms with E-state index in [0.29, 0.717) is 5.92 Å². The molecule has 0 spiro atoms. The van der Waals surface area contributed by atoms with Gasteiger partial charge >= 0.3 is 6.09 Å². The molecular formula is C20H32NO4+. The van der Waals surface area contributed by atoms with E-state index in [4.69, 9.17) is 14.6 Å². The minimum atomic E-state index is -0.693. The quantitative estimate of drug-likeness (QED) is 0.626. The van der Waals surface area contributed by atoms with Crippen molar-refractivity contribution in [3.8, 4) is 0 Å². The van der Waals surface area contributed by atoms with E-state index in [2.05, 4.69) is 5.32 Å². The first-order chi connectivity index (χ1) is 12.1. The zero-order valence-corrected chi connectivity index (χ0v) is 15.4. The standard InChI is InChI=1S/C20H31NO4/c1-24-17-9-15(8-16(10-17)21-20(22)23)19(25-2)18-13-4-11-3-12(6-13)7-14(18)5-11/h11-17,21H,3-10H2,1-2H3,(H,22,23)/p+1. The molecule has 5 saturated carbocycles. The highest BCUT2D eigenvalue weighted by atomic mass is 16.5. The number of rotatable bonds is 4. The fourth-order valence-electron chi connectivity index (χ4n) is 6.59. The molecule has 0 aliphatic heterocycles. The van der Waals surface area contributed by atoms with Crippen LogP contribution in [-0.4, -0.2) is 37.6 Å². The maximum absolute atomic E-state index is 11.2. The van der Waals surface area contributed by atoms with E-state index in [1.165, 1.54) is 37.9 Å². The predicted molar refractivity (Wildman–Crippen MR) is 95.2 cm³/mol. The van der Waals surface area contributed by atoms with Crippen molar-refractivity contribution in [2.45, 2.75) is 63.5 Å². The summed E-state index contributed by atoms with van der Waals surface area (Å²) < 4.78 is 11.7. The van der Waals surface area contributed by atoms with Gasteiger partial charge in [0, 0.05) is 19.1 Å². The van der Waals surface area contributed by atoms with Gasteiger partial charge in [-0.3, -0.25) is 5.32 Å². The number of ether oxygens (including phenoxy) is 2. The monoisotopic (exact) mass is 350 g/mol. The van der Waals surface area contributed by atoms with Gasteiger partial charge in [-0.1, -0.05) is 0 Å². The highest BCUT2D eigenvalue weighted by molar-refractivity contribution is 5.64. The molecule has 4 bridgehead atoms. The molecular weight excluding hydrogens is 318 g/mol. The third-order valence-corrected chi connectivity index (χ3v) is 7.23. The lowest BCUT2D eigenvalue weighted by Crippen LogP contribution is -2.45. The second-order valence-electron chi connectivity index (χ2n) is 8.76. The van der Waals surface area contributed by atoms with Crippen LogP contribution in [0.5, 0.6) is 0 Å². The van der Waals surface area contributed by atoms with Gasteiger partial charge in [0.05, 0.1) is 23.8 Å². The zero-order valence-electron chi connectivity index (χ0n) is 15.4. The van der Waals surface area contributed by atoms with Crippen LogP contribution in [-0.2, 0) is 9.47 Å². The van der Waals surface area contributed by atoms with Crippen LogP contribution in [0.15, 0.2) is 11.3 Å². The van der Waals surface area contributed by atoms with Crippen LogP contribution in [0.4, 0.5) is 4.79 Å². The molecule has 0 aromatic heterocycles. The van der Waals surface area contributed by atoms with Crippen molar-refractivity contribution >= 4 is 6.09 Å². The SMILES string of the molecule is COC(=C1C2CC3CC(C2)CC1C3)C1CC(NC(=O)[OH2+])CC(OC)C1. The summed E-state index contributed by atoms with van der Waals surface area (Å²) in [6, 6.07) is 0.0104. The summed E-state index contributed by atoms with van der Waals surface area (Å²) in [7, 11) is 3.57. The van der Waals surface area contributed by atoms with Crippen LogP contribution in [0.2, 0.25) is 0 Å². The Bertz CT molecular complexity index is 528. The summed E-state index contributed by atoms with van der Waals surface area (Å²) in [5, 5.41) is 10.0. The summed E-state index contributed by atoms with van der Waals surface area (Å²) in [6.45, 7) is 0. The van der Waals surface area contributed by atoms with E-state index in [9.17, 15) is 4.79 Å². The number of methoxy groups -OCH3 is 2. The number of carbonyl (C=O) groups is 1. The number of allylic oxidation sites excluding steroid dienone is 2. The van der Waals surface area contributed by atoms with E-state index < -0.39 is 6.09 Å². The molecule has 0 heterocycles. The average molecular weight is 350 g/mol. The van der Waals surface area contributed by atoms with Gasteiger partial charge in [0.25, 0.3) is 0 Å². The van der Waals surface area contributed by atoms with Gasteiger partial charge in [0.15, 0.2) is 0 Å². The van der Waals surface area contributed by atoms with Gasteiger partial charge in [-0.15, -0.1) is 0 Å². The minimum absolute atomic E-state index is 0.0104. The molecule has 0 saturated heterocycles. The fourth-order valence-corrected chi connectivity index (χ4v) is 6.59. The van der Waals surface area contributed by atoms with E-state index in [-0.39, 0.29) is 12.1 Å². The Hall–Kier alpha value is -1.23. The van der Waals surface area contributed by atoms with Crippen LogP contribution in [0.25, 0.3) is 0 Å². The Balaban J connectivity index is 1.60. The molecule has 3 unspecified atom stereocenters. The van der Waals surface area contributed by atoms with Crippen LogP contribution in [0, 0.1) is 29.6 Å². The highest BCUT2D eigenvalue weighted by Gasteiger charge is 2.48. The molecule has 1 amide bonds. The smallest absolute Gasteiger partial charge is 0.547 e. The first-order valence-corrected chi connectivity index (χ1v) is 9.90. The molecule has 25 heavy (non-hydrogen) atoms. The molecule has 140 valence electrons. The minimum Gasteiger partial charge on any atom is -0.547 e. The molecule has 0 radical (unpaired) electrons. The average Bonchev–Trinajstić information content (AvgIpc) is 2.56. The van der Waals surface area contributed by atoms with E-state index in [0.717, 1.165) is 42.9 Å². The topological polar surface area (TPSA) is 70.5 Å². The molecule has 5 fully saturated rings. The fraction of sp³-hybridized carbons (Fsp3) is 0.850. The highest BCUT2D eigenvalue weighted by Crippen LogP contribution is 2.58. The Morgan fingerprint density at radius 2 is 1.60 bits per heavy atom. The summed E-state index contributed by atoms with van der Waals surface area (Å²) in [6.07, 6.45) is 8.90. The zero-order chi connectivity index (χ0) is 17.6. The lowest BCUT2D eigenvalue weighted by Gasteiger charge is -2.52. The summed E-state index contributed by atoms with van der Waals surface area (Å²) in [5.41, 5.74) is 1.60. The normalized spacial score (nSPS) is 42.3. The van der Waals surface area contributed by atoms with Crippen LogP contribution < -0.4 is 5.32 Å². The van der Waals surface area contributed by atoms with Crippen molar-refractivity contribution in [3.63, 3.8) is 0 Å². The van der Waals surface area contributed by atoms with Gasteiger partial charge in [-0.05, 0) is 80.6 Å². The first kappa shape index (κ1) is 17.2. The molecule has 3 atom stereocenters. The van der Waals surface area contributed by atoms with Crippen LogP contribution in [0.1, 0.15) is 51.4 Å². The molecule has 5 nitrogen and oxygen atoms in total. The van der Waals surface area contributed by atoms with Crippen molar-refractivity contribution < 1.29 is 19.4 Å². The largest absolute Gasteiger partial charge is 0.626 e. The second kappa shape index (κ2) is 6.82. The number of nitrogens with one attached hydrogen (secondary N) is 1. The number of hydrogen-bond donors (Lipinski definition) is 1. The van der Waals surface area contributed by atoms with Gasteiger partial charge in [-0.2, -0.15) is 0 Å². The number of hydrogen-bond acceptors (Lipinski definition) is 3. The molecule has 5 aliphatic carbocycles. The summed E-state index contributed by atoms with van der Waals surface area (Å²) in [4.78, 5) is 11.2. The number of amides is 1. The maximum atomic E-state index is 11.2. The van der Waals surface area contributed by atoms with Crippen molar-refractivity contribution in [1.29, 1.82) is 0 Å². The van der Waals surface area contributed by atoms with E-state index in [1.54, 1.807) is 12.7 Å². The predicted octanol–water partition coefficient (Wildman–Crippen LogP) is 2.96. The van der Waals surface area contributed by atoms with Gasteiger partial charge in [0.1, 0.15) is 0 Å². The molecule has 5 heteroatoms. The Morgan fingerprint density at radius 3 is 2.12 bits per heavy atom. The molecule has 5 aliphatic rings.